The zero-order chi connectivity index (χ0) is 14.7. The maximum Gasteiger partial charge on any atom is 0.123 e. The summed E-state index contributed by atoms with van der Waals surface area (Å²) in [6.45, 7) is 2.03. The Bertz CT molecular complexity index is 549. The third-order valence-electron chi connectivity index (χ3n) is 4.03. The van der Waals surface area contributed by atoms with Gasteiger partial charge in [-0.15, -0.1) is 11.3 Å². The molecule has 2 N–H and O–H groups in total. The van der Waals surface area contributed by atoms with Crippen LogP contribution in [0.4, 0.5) is 4.39 Å². The van der Waals surface area contributed by atoms with Gasteiger partial charge in [0.15, 0.2) is 0 Å². The van der Waals surface area contributed by atoms with Gasteiger partial charge >= 0.3 is 0 Å². The van der Waals surface area contributed by atoms with E-state index in [2.05, 4.69) is 22.4 Å². The minimum absolute atomic E-state index is 0.0183. The molecule has 1 unspecified atom stereocenters. The third kappa shape index (κ3) is 4.13. The van der Waals surface area contributed by atoms with Gasteiger partial charge in [0, 0.05) is 30.1 Å². The Kier molecular flexibility index (Phi) is 4.68. The van der Waals surface area contributed by atoms with E-state index in [9.17, 15) is 4.39 Å². The molecule has 1 atom stereocenters. The molecule has 3 rings (SSSR count). The number of hydrogen-bond donors (Lipinski definition) is 1. The minimum atomic E-state index is -0.205. The van der Waals surface area contributed by atoms with Crippen LogP contribution in [0, 0.1) is 5.82 Å². The molecular weight excluding hydrogens is 283 g/mol. The highest BCUT2D eigenvalue weighted by molar-refractivity contribution is 7.09. The van der Waals surface area contributed by atoms with Crippen LogP contribution in [-0.4, -0.2) is 17.5 Å². The second-order valence-electron chi connectivity index (χ2n) is 5.73. The summed E-state index contributed by atoms with van der Waals surface area (Å²) >= 11 is 1.81. The summed E-state index contributed by atoms with van der Waals surface area (Å²) in [5.41, 5.74) is 7.26. The van der Waals surface area contributed by atoms with Gasteiger partial charge in [0.05, 0.1) is 0 Å². The number of benzene rings is 1. The van der Waals surface area contributed by atoms with E-state index < -0.39 is 0 Å². The Labute approximate surface area is 129 Å². The fraction of sp³-hybridized carbons (Fsp3) is 0.412. The monoisotopic (exact) mass is 304 g/mol. The lowest BCUT2D eigenvalue weighted by Gasteiger charge is -2.23. The van der Waals surface area contributed by atoms with Crippen molar-refractivity contribution in [1.29, 1.82) is 0 Å². The number of thiophene rings is 1. The SMILES string of the molecule is NC(CCN(Cc1cccs1)C1CC1)c1ccc(F)cc1. The molecule has 2 nitrogen and oxygen atoms in total. The lowest BCUT2D eigenvalue weighted by Crippen LogP contribution is -2.28. The lowest BCUT2D eigenvalue weighted by atomic mass is 10.0. The van der Waals surface area contributed by atoms with E-state index in [1.807, 2.05) is 11.3 Å². The van der Waals surface area contributed by atoms with Gasteiger partial charge < -0.3 is 5.73 Å². The average molecular weight is 304 g/mol. The van der Waals surface area contributed by atoms with E-state index in [-0.39, 0.29) is 11.9 Å². The van der Waals surface area contributed by atoms with Gasteiger partial charge in [0.1, 0.15) is 5.82 Å². The van der Waals surface area contributed by atoms with Crippen LogP contribution in [0.15, 0.2) is 41.8 Å². The van der Waals surface area contributed by atoms with Gasteiger partial charge in [0.2, 0.25) is 0 Å². The number of nitrogens with two attached hydrogens (primary N) is 1. The standard InChI is InChI=1S/C17H21FN2S/c18-14-5-3-13(4-6-14)17(19)9-10-20(15-7-8-15)12-16-2-1-11-21-16/h1-6,11,15,17H,7-10,12,19H2. The maximum absolute atomic E-state index is 12.9. The molecule has 0 aliphatic heterocycles. The largest absolute Gasteiger partial charge is 0.324 e. The molecule has 4 heteroatoms. The highest BCUT2D eigenvalue weighted by atomic mass is 32.1. The number of nitrogens with zero attached hydrogens (tertiary/aromatic N) is 1. The van der Waals surface area contributed by atoms with Crippen molar-refractivity contribution in [2.75, 3.05) is 6.54 Å². The van der Waals surface area contributed by atoms with Crippen LogP contribution in [-0.2, 0) is 6.54 Å². The van der Waals surface area contributed by atoms with E-state index >= 15 is 0 Å². The number of hydrogen-bond acceptors (Lipinski definition) is 3. The first-order chi connectivity index (χ1) is 10.2. The number of halogens is 1. The van der Waals surface area contributed by atoms with Crippen LogP contribution >= 0.6 is 11.3 Å². The summed E-state index contributed by atoms with van der Waals surface area (Å²) in [4.78, 5) is 3.95. The van der Waals surface area contributed by atoms with Gasteiger partial charge in [-0.25, -0.2) is 4.39 Å². The summed E-state index contributed by atoms with van der Waals surface area (Å²) in [5, 5.41) is 2.13. The van der Waals surface area contributed by atoms with E-state index in [1.165, 1.54) is 29.9 Å². The van der Waals surface area contributed by atoms with Crippen LogP contribution in [0.1, 0.15) is 35.7 Å². The Balaban J connectivity index is 1.55. The Morgan fingerprint density at radius 3 is 2.62 bits per heavy atom. The quantitative estimate of drug-likeness (QED) is 0.839. The zero-order valence-corrected chi connectivity index (χ0v) is 12.9. The first kappa shape index (κ1) is 14.7. The van der Waals surface area contributed by atoms with E-state index in [1.54, 1.807) is 12.1 Å². The van der Waals surface area contributed by atoms with Gasteiger partial charge in [-0.1, -0.05) is 18.2 Å². The Morgan fingerprint density at radius 2 is 2.00 bits per heavy atom. The van der Waals surface area contributed by atoms with E-state index in [4.69, 9.17) is 5.73 Å². The molecule has 0 bridgehead atoms. The molecule has 1 saturated carbocycles. The summed E-state index contributed by atoms with van der Waals surface area (Å²) in [7, 11) is 0. The minimum Gasteiger partial charge on any atom is -0.324 e. The zero-order valence-electron chi connectivity index (χ0n) is 12.0. The van der Waals surface area contributed by atoms with Crippen molar-refractivity contribution in [2.24, 2.45) is 5.73 Å². The predicted molar refractivity (Wildman–Crippen MR) is 85.7 cm³/mol. The van der Waals surface area contributed by atoms with Crippen molar-refractivity contribution in [3.8, 4) is 0 Å². The highest BCUT2D eigenvalue weighted by Gasteiger charge is 2.29. The highest BCUT2D eigenvalue weighted by Crippen LogP contribution is 2.30. The van der Waals surface area contributed by atoms with Crippen LogP contribution in [0.25, 0.3) is 0 Å². The van der Waals surface area contributed by atoms with Crippen molar-refractivity contribution in [3.63, 3.8) is 0 Å². The second kappa shape index (κ2) is 6.69. The van der Waals surface area contributed by atoms with Crippen molar-refractivity contribution >= 4 is 11.3 Å². The average Bonchev–Trinajstić information content (AvgIpc) is 3.21. The molecule has 1 aliphatic rings. The molecule has 0 spiro atoms. The van der Waals surface area contributed by atoms with Gasteiger partial charge in [-0.05, 0) is 48.4 Å². The van der Waals surface area contributed by atoms with E-state index in [0.717, 1.165) is 31.1 Å². The summed E-state index contributed by atoms with van der Waals surface area (Å²) in [5.74, 6) is -0.205. The Hall–Kier alpha value is -1.23. The first-order valence-electron chi connectivity index (χ1n) is 7.50. The molecule has 112 valence electrons. The van der Waals surface area contributed by atoms with Gasteiger partial charge in [-0.3, -0.25) is 4.90 Å². The molecule has 1 aliphatic carbocycles. The summed E-state index contributed by atoms with van der Waals surface area (Å²) in [6, 6.07) is 11.6. The molecule has 0 radical (unpaired) electrons. The molecule has 1 heterocycles. The molecule has 1 fully saturated rings. The predicted octanol–water partition coefficient (Wildman–Crippen LogP) is 3.94. The molecule has 2 aromatic rings. The smallest absolute Gasteiger partial charge is 0.123 e. The van der Waals surface area contributed by atoms with Crippen LogP contribution in [0.3, 0.4) is 0 Å². The van der Waals surface area contributed by atoms with Crippen molar-refractivity contribution in [2.45, 2.75) is 37.9 Å². The fourth-order valence-electron chi connectivity index (χ4n) is 2.61. The third-order valence-corrected chi connectivity index (χ3v) is 4.89. The van der Waals surface area contributed by atoms with Crippen LogP contribution in [0.5, 0.6) is 0 Å². The van der Waals surface area contributed by atoms with Gasteiger partial charge in [-0.2, -0.15) is 0 Å². The second-order valence-corrected chi connectivity index (χ2v) is 6.76. The lowest BCUT2D eigenvalue weighted by molar-refractivity contribution is 0.247. The Morgan fingerprint density at radius 1 is 1.24 bits per heavy atom. The topological polar surface area (TPSA) is 29.3 Å². The summed E-state index contributed by atoms with van der Waals surface area (Å²) < 4.78 is 12.9. The molecule has 0 amide bonds. The van der Waals surface area contributed by atoms with E-state index in [0.29, 0.717) is 0 Å². The number of rotatable bonds is 7. The molecular formula is C17H21FN2S. The fourth-order valence-corrected chi connectivity index (χ4v) is 3.34. The molecule has 1 aromatic heterocycles. The molecule has 21 heavy (non-hydrogen) atoms. The maximum atomic E-state index is 12.9. The van der Waals surface area contributed by atoms with Crippen LogP contribution in [0.2, 0.25) is 0 Å². The van der Waals surface area contributed by atoms with Crippen molar-refractivity contribution in [3.05, 3.63) is 58.0 Å². The van der Waals surface area contributed by atoms with Crippen molar-refractivity contribution < 1.29 is 4.39 Å². The van der Waals surface area contributed by atoms with Crippen LogP contribution < -0.4 is 5.73 Å². The molecule has 0 saturated heterocycles. The normalized spacial score (nSPS) is 16.3. The molecule has 1 aromatic carbocycles. The van der Waals surface area contributed by atoms with Gasteiger partial charge in [0.25, 0.3) is 0 Å². The van der Waals surface area contributed by atoms with Crippen molar-refractivity contribution in [1.82, 2.24) is 4.90 Å². The summed E-state index contributed by atoms with van der Waals surface area (Å²) in [6.07, 6.45) is 3.52. The first-order valence-corrected chi connectivity index (χ1v) is 8.38.